The smallest absolute Gasteiger partial charge is 0.167 e. The molecule has 138 valence electrons. The Morgan fingerprint density at radius 2 is 1.96 bits per heavy atom. The van der Waals surface area contributed by atoms with Crippen LogP contribution in [0.2, 0.25) is 10.0 Å². The van der Waals surface area contributed by atoms with Crippen LogP contribution in [-0.4, -0.2) is 18.7 Å². The number of fused-ring (bicyclic) bond motifs is 1. The van der Waals surface area contributed by atoms with Crippen molar-refractivity contribution in [3.8, 4) is 17.6 Å². The maximum absolute atomic E-state index is 14.0. The fourth-order valence-electron chi connectivity index (χ4n) is 2.60. The summed E-state index contributed by atoms with van der Waals surface area (Å²) in [6.07, 6.45) is 1.36. The van der Waals surface area contributed by atoms with E-state index < -0.39 is 5.82 Å². The molecule has 0 unspecified atom stereocenters. The molecule has 0 atom stereocenters. The number of halogens is 3. The summed E-state index contributed by atoms with van der Waals surface area (Å²) >= 11 is 12.4. The Kier molecular flexibility index (Phi) is 5.54. The van der Waals surface area contributed by atoms with Crippen LogP contribution in [0, 0.1) is 17.1 Å². The van der Waals surface area contributed by atoms with Gasteiger partial charge in [0.1, 0.15) is 11.8 Å². The molecule has 0 saturated carbocycles. The Labute approximate surface area is 165 Å². The predicted molar refractivity (Wildman–Crippen MR) is 104 cm³/mol. The van der Waals surface area contributed by atoms with E-state index in [1.807, 2.05) is 6.92 Å². The number of nitrogens with zero attached hydrogens (tertiary/aromatic N) is 2. The first-order chi connectivity index (χ1) is 13.0. The van der Waals surface area contributed by atoms with Gasteiger partial charge in [-0.15, -0.1) is 0 Å². The van der Waals surface area contributed by atoms with Crippen LogP contribution >= 0.6 is 23.2 Å². The molecule has 8 heteroatoms. The van der Waals surface area contributed by atoms with Gasteiger partial charge >= 0.3 is 0 Å². The van der Waals surface area contributed by atoms with Crippen LogP contribution in [0.5, 0.6) is 11.5 Å². The largest absolute Gasteiger partial charge is 0.494 e. The number of hydrogen-bond acceptors (Lipinski definition) is 5. The number of hydrogen-bond donors (Lipinski definition) is 1. The van der Waals surface area contributed by atoms with E-state index in [-0.39, 0.29) is 11.3 Å². The average molecular weight is 406 g/mol. The lowest BCUT2D eigenvalue weighted by atomic mass is 10.1. The molecular formula is C19H14Cl2FN3O2. The summed E-state index contributed by atoms with van der Waals surface area (Å²) < 4.78 is 24.5. The lowest BCUT2D eigenvalue weighted by Crippen LogP contribution is -2.00. The molecule has 0 saturated heterocycles. The summed E-state index contributed by atoms with van der Waals surface area (Å²) in [5.41, 5.74) is 1.54. The van der Waals surface area contributed by atoms with Crippen molar-refractivity contribution in [2.45, 2.75) is 6.92 Å². The molecule has 3 rings (SSSR count). The number of methoxy groups -OCH3 is 1. The van der Waals surface area contributed by atoms with Crippen molar-refractivity contribution >= 4 is 45.5 Å². The van der Waals surface area contributed by atoms with E-state index in [9.17, 15) is 9.65 Å². The van der Waals surface area contributed by atoms with Crippen LogP contribution in [0.3, 0.4) is 0 Å². The van der Waals surface area contributed by atoms with E-state index in [1.165, 1.54) is 25.4 Å². The molecule has 27 heavy (non-hydrogen) atoms. The fraction of sp³-hybridized carbons (Fsp3) is 0.158. The number of nitrogens with one attached hydrogen (secondary N) is 1. The Morgan fingerprint density at radius 1 is 1.19 bits per heavy atom. The first-order valence-corrected chi connectivity index (χ1v) is 8.69. The molecular weight excluding hydrogens is 392 g/mol. The topological polar surface area (TPSA) is 67.2 Å². The van der Waals surface area contributed by atoms with Crippen molar-refractivity contribution in [2.24, 2.45) is 0 Å². The third kappa shape index (κ3) is 3.70. The van der Waals surface area contributed by atoms with Crippen molar-refractivity contribution < 1.29 is 13.9 Å². The lowest BCUT2D eigenvalue weighted by Gasteiger charge is -2.15. The summed E-state index contributed by atoms with van der Waals surface area (Å²) in [5, 5.41) is 13.8. The van der Waals surface area contributed by atoms with Crippen LogP contribution in [0.1, 0.15) is 12.5 Å². The van der Waals surface area contributed by atoms with Crippen LogP contribution in [0.25, 0.3) is 10.9 Å². The number of benzene rings is 2. The first kappa shape index (κ1) is 19.0. The Bertz CT molecular complexity index is 1070. The van der Waals surface area contributed by atoms with Gasteiger partial charge in [0, 0.05) is 23.7 Å². The Hall–Kier alpha value is -2.75. The van der Waals surface area contributed by atoms with E-state index in [1.54, 1.807) is 12.1 Å². The zero-order valence-electron chi connectivity index (χ0n) is 14.4. The first-order valence-electron chi connectivity index (χ1n) is 7.93. The minimum atomic E-state index is -0.545. The van der Waals surface area contributed by atoms with E-state index in [4.69, 9.17) is 32.7 Å². The maximum atomic E-state index is 14.0. The molecule has 0 spiro atoms. The van der Waals surface area contributed by atoms with Gasteiger partial charge in [0.2, 0.25) is 0 Å². The second-order valence-electron chi connectivity index (χ2n) is 5.48. The van der Waals surface area contributed by atoms with Crippen molar-refractivity contribution in [3.63, 3.8) is 0 Å². The molecule has 0 aliphatic rings. The van der Waals surface area contributed by atoms with Gasteiger partial charge in [0.25, 0.3) is 0 Å². The SMILES string of the molecule is CCOc1cc(Nc2c(C#N)cnc3cc(F)c(OC)cc23)c(Cl)cc1Cl. The van der Waals surface area contributed by atoms with Crippen LogP contribution < -0.4 is 14.8 Å². The maximum Gasteiger partial charge on any atom is 0.167 e. The third-order valence-corrected chi connectivity index (χ3v) is 4.45. The van der Waals surface area contributed by atoms with Crippen molar-refractivity contribution in [1.29, 1.82) is 5.26 Å². The molecule has 0 radical (unpaired) electrons. The van der Waals surface area contributed by atoms with Gasteiger partial charge in [-0.1, -0.05) is 23.2 Å². The van der Waals surface area contributed by atoms with Crippen molar-refractivity contribution in [2.75, 3.05) is 19.0 Å². The van der Waals surface area contributed by atoms with E-state index >= 15 is 0 Å². The van der Waals surface area contributed by atoms with Crippen molar-refractivity contribution in [1.82, 2.24) is 4.98 Å². The van der Waals surface area contributed by atoms with E-state index in [0.29, 0.717) is 44.7 Å². The van der Waals surface area contributed by atoms with Crippen LogP contribution in [0.15, 0.2) is 30.5 Å². The van der Waals surface area contributed by atoms with E-state index in [2.05, 4.69) is 16.4 Å². The molecule has 0 aliphatic heterocycles. The molecule has 5 nitrogen and oxygen atoms in total. The van der Waals surface area contributed by atoms with Crippen LogP contribution in [0.4, 0.5) is 15.8 Å². The van der Waals surface area contributed by atoms with Gasteiger partial charge in [0.15, 0.2) is 11.6 Å². The Morgan fingerprint density at radius 3 is 2.63 bits per heavy atom. The lowest BCUT2D eigenvalue weighted by molar-refractivity contribution is 0.340. The number of rotatable bonds is 5. The van der Waals surface area contributed by atoms with E-state index in [0.717, 1.165) is 0 Å². The minimum absolute atomic E-state index is 0.0413. The number of aromatic nitrogens is 1. The highest BCUT2D eigenvalue weighted by molar-refractivity contribution is 6.37. The normalized spacial score (nSPS) is 10.5. The van der Waals surface area contributed by atoms with Crippen molar-refractivity contribution in [3.05, 3.63) is 51.9 Å². The molecule has 0 amide bonds. The second-order valence-corrected chi connectivity index (χ2v) is 6.30. The van der Waals surface area contributed by atoms with Gasteiger partial charge in [-0.05, 0) is 19.1 Å². The minimum Gasteiger partial charge on any atom is -0.494 e. The number of nitriles is 1. The fourth-order valence-corrected chi connectivity index (χ4v) is 3.08. The standard InChI is InChI=1S/C19H14Cl2FN3O2/c1-3-27-17-7-16(12(20)5-13(17)21)25-19-10(8-23)9-24-15-6-14(22)18(26-2)4-11(15)19/h4-7,9H,3H2,1-2H3,(H,24,25). The van der Waals surface area contributed by atoms with Crippen LogP contribution in [-0.2, 0) is 0 Å². The summed E-state index contributed by atoms with van der Waals surface area (Å²) in [6, 6.07) is 7.99. The highest BCUT2D eigenvalue weighted by Crippen LogP contribution is 2.38. The summed E-state index contributed by atoms with van der Waals surface area (Å²) in [7, 11) is 1.36. The molecule has 1 heterocycles. The molecule has 3 aromatic rings. The zero-order chi connectivity index (χ0) is 19.6. The van der Waals surface area contributed by atoms with Gasteiger partial charge in [-0.2, -0.15) is 5.26 Å². The summed E-state index contributed by atoms with van der Waals surface area (Å²) in [6.45, 7) is 2.27. The second kappa shape index (κ2) is 7.87. The number of pyridine rings is 1. The molecule has 0 bridgehead atoms. The summed E-state index contributed by atoms with van der Waals surface area (Å²) in [4.78, 5) is 4.14. The number of ether oxygens (including phenoxy) is 2. The molecule has 1 aromatic heterocycles. The van der Waals surface area contributed by atoms with Gasteiger partial charge in [-0.3, -0.25) is 4.98 Å². The molecule has 0 aliphatic carbocycles. The average Bonchev–Trinajstić information content (AvgIpc) is 2.65. The van der Waals surface area contributed by atoms with Gasteiger partial charge in [-0.25, -0.2) is 4.39 Å². The predicted octanol–water partition coefficient (Wildman–Crippen LogP) is 5.70. The zero-order valence-corrected chi connectivity index (χ0v) is 16.0. The van der Waals surface area contributed by atoms with Gasteiger partial charge in [0.05, 0.1) is 46.2 Å². The number of anilines is 2. The molecule has 2 aromatic carbocycles. The highest BCUT2D eigenvalue weighted by Gasteiger charge is 2.16. The Balaban J connectivity index is 2.19. The quantitative estimate of drug-likeness (QED) is 0.589. The molecule has 0 fully saturated rings. The molecule has 1 N–H and O–H groups in total. The monoisotopic (exact) mass is 405 g/mol. The van der Waals surface area contributed by atoms with Gasteiger partial charge < -0.3 is 14.8 Å². The third-order valence-electron chi connectivity index (χ3n) is 3.84. The summed E-state index contributed by atoms with van der Waals surface area (Å²) in [5.74, 6) is -0.0532. The highest BCUT2D eigenvalue weighted by atomic mass is 35.5.